The van der Waals surface area contributed by atoms with Crippen LogP contribution in [0.4, 0.5) is 0 Å². The lowest BCUT2D eigenvalue weighted by molar-refractivity contribution is -0.137. The summed E-state index contributed by atoms with van der Waals surface area (Å²) < 4.78 is 5.14. The van der Waals surface area contributed by atoms with Crippen LogP contribution >= 0.6 is 0 Å². The molecule has 0 aliphatic carbocycles. The highest BCUT2D eigenvalue weighted by molar-refractivity contribution is 6.01. The van der Waals surface area contributed by atoms with E-state index < -0.39 is 11.5 Å². The summed E-state index contributed by atoms with van der Waals surface area (Å²) in [5, 5.41) is 2.91. The van der Waals surface area contributed by atoms with E-state index in [2.05, 4.69) is 12.2 Å². The number of benzene rings is 1. The maximum atomic E-state index is 12.9. The van der Waals surface area contributed by atoms with Crippen molar-refractivity contribution < 1.29 is 19.1 Å². The smallest absolute Gasteiger partial charge is 0.308 e. The lowest BCUT2D eigenvalue weighted by atomic mass is 9.84. The van der Waals surface area contributed by atoms with Gasteiger partial charge in [0.05, 0.1) is 0 Å². The van der Waals surface area contributed by atoms with Crippen molar-refractivity contribution in [2.75, 3.05) is 13.1 Å². The molecule has 1 saturated heterocycles. The van der Waals surface area contributed by atoms with Gasteiger partial charge in [0.1, 0.15) is 11.3 Å². The van der Waals surface area contributed by atoms with Crippen molar-refractivity contribution >= 4 is 17.8 Å². The Labute approximate surface area is 148 Å². The second-order valence-corrected chi connectivity index (χ2v) is 6.61. The Morgan fingerprint density at radius 1 is 1.32 bits per heavy atom. The van der Waals surface area contributed by atoms with Gasteiger partial charge in [0.2, 0.25) is 5.91 Å². The fourth-order valence-corrected chi connectivity index (χ4v) is 2.95. The molecular weight excluding hydrogens is 320 g/mol. The van der Waals surface area contributed by atoms with Crippen molar-refractivity contribution in [1.29, 1.82) is 0 Å². The highest BCUT2D eigenvalue weighted by Gasteiger charge is 2.49. The van der Waals surface area contributed by atoms with Gasteiger partial charge < -0.3 is 15.0 Å². The molecule has 2 amide bonds. The molecule has 0 radical (unpaired) electrons. The number of likely N-dealkylation sites (tertiary alicyclic amines) is 1. The summed E-state index contributed by atoms with van der Waals surface area (Å²) in [4.78, 5) is 38.2. The van der Waals surface area contributed by atoms with Gasteiger partial charge >= 0.3 is 5.97 Å². The zero-order chi connectivity index (χ0) is 18.6. The molecule has 1 unspecified atom stereocenters. The number of nitrogens with one attached hydrogen (secondary N) is 1. The van der Waals surface area contributed by atoms with E-state index in [1.54, 1.807) is 36.9 Å². The Bertz CT molecular complexity index is 686. The number of carbonyl (C=O) groups is 3. The fourth-order valence-electron chi connectivity index (χ4n) is 2.95. The molecule has 1 heterocycles. The van der Waals surface area contributed by atoms with Crippen LogP contribution in [0.2, 0.25) is 0 Å². The molecule has 2 rings (SSSR count). The SMILES string of the molecule is CCCCNC(=O)C1(C)CCN1C(=O)c1cccc(OC(C)=O)c1C. The minimum atomic E-state index is -0.825. The van der Waals surface area contributed by atoms with E-state index in [1.165, 1.54) is 6.92 Å². The van der Waals surface area contributed by atoms with Crippen molar-refractivity contribution in [3.63, 3.8) is 0 Å². The van der Waals surface area contributed by atoms with Gasteiger partial charge in [0.15, 0.2) is 0 Å². The first-order chi connectivity index (χ1) is 11.8. The van der Waals surface area contributed by atoms with Gasteiger partial charge in [-0.1, -0.05) is 19.4 Å². The van der Waals surface area contributed by atoms with Crippen LogP contribution in [0.5, 0.6) is 5.75 Å². The van der Waals surface area contributed by atoms with Crippen LogP contribution < -0.4 is 10.1 Å². The van der Waals surface area contributed by atoms with E-state index in [1.807, 2.05) is 0 Å². The predicted molar refractivity (Wildman–Crippen MR) is 94.5 cm³/mol. The maximum absolute atomic E-state index is 12.9. The van der Waals surface area contributed by atoms with Crippen LogP contribution in [0.3, 0.4) is 0 Å². The van der Waals surface area contributed by atoms with Crippen LogP contribution in [-0.2, 0) is 9.59 Å². The zero-order valence-electron chi connectivity index (χ0n) is 15.3. The van der Waals surface area contributed by atoms with Crippen LogP contribution in [0.1, 0.15) is 56.0 Å². The first-order valence-electron chi connectivity index (χ1n) is 8.69. The quantitative estimate of drug-likeness (QED) is 0.488. The molecule has 1 aromatic rings. The summed E-state index contributed by atoms with van der Waals surface area (Å²) in [6, 6.07) is 5.02. The highest BCUT2D eigenvalue weighted by atomic mass is 16.5. The summed E-state index contributed by atoms with van der Waals surface area (Å²) in [5.74, 6) is -0.398. The van der Waals surface area contributed by atoms with Crippen molar-refractivity contribution in [2.24, 2.45) is 0 Å². The third-order valence-electron chi connectivity index (χ3n) is 4.74. The predicted octanol–water partition coefficient (Wildman–Crippen LogP) is 2.44. The Balaban J connectivity index is 2.18. The van der Waals surface area contributed by atoms with Gasteiger partial charge in [0, 0.05) is 31.1 Å². The lowest BCUT2D eigenvalue weighted by Gasteiger charge is -2.49. The van der Waals surface area contributed by atoms with Crippen LogP contribution in [0.15, 0.2) is 18.2 Å². The molecule has 1 aliphatic heterocycles. The molecule has 25 heavy (non-hydrogen) atoms. The topological polar surface area (TPSA) is 75.7 Å². The molecule has 0 saturated carbocycles. The molecular formula is C19H26N2O4. The molecule has 1 aliphatic rings. The minimum Gasteiger partial charge on any atom is -0.426 e. The Kier molecular flexibility index (Phi) is 5.82. The summed E-state index contributed by atoms with van der Waals surface area (Å²) in [5.41, 5.74) is 0.226. The average molecular weight is 346 g/mol. The van der Waals surface area contributed by atoms with Crippen LogP contribution in [-0.4, -0.2) is 41.3 Å². The molecule has 0 aromatic heterocycles. The number of ether oxygens (including phenoxy) is 1. The molecule has 1 N–H and O–H groups in total. The molecule has 1 fully saturated rings. The molecule has 136 valence electrons. The van der Waals surface area contributed by atoms with Crippen molar-refractivity contribution in [3.8, 4) is 5.75 Å². The summed E-state index contributed by atoms with van der Waals surface area (Å²) >= 11 is 0. The van der Waals surface area contributed by atoms with Gasteiger partial charge in [-0.05, 0) is 38.8 Å². The van der Waals surface area contributed by atoms with Gasteiger partial charge in [-0.15, -0.1) is 0 Å². The van der Waals surface area contributed by atoms with Crippen molar-refractivity contribution in [2.45, 2.75) is 52.5 Å². The van der Waals surface area contributed by atoms with Gasteiger partial charge in [-0.2, -0.15) is 0 Å². The third-order valence-corrected chi connectivity index (χ3v) is 4.74. The van der Waals surface area contributed by atoms with E-state index in [4.69, 9.17) is 4.74 Å². The van der Waals surface area contributed by atoms with Crippen LogP contribution in [0.25, 0.3) is 0 Å². The number of carbonyl (C=O) groups excluding carboxylic acids is 3. The highest BCUT2D eigenvalue weighted by Crippen LogP contribution is 2.34. The Morgan fingerprint density at radius 2 is 2.04 bits per heavy atom. The van der Waals surface area contributed by atoms with E-state index in [0.717, 1.165) is 12.8 Å². The number of esters is 1. The van der Waals surface area contributed by atoms with Gasteiger partial charge in [-0.25, -0.2) is 0 Å². The second kappa shape index (κ2) is 7.68. The first-order valence-corrected chi connectivity index (χ1v) is 8.69. The van der Waals surface area contributed by atoms with Crippen molar-refractivity contribution in [3.05, 3.63) is 29.3 Å². The lowest BCUT2D eigenvalue weighted by Crippen LogP contribution is -2.67. The molecule has 6 heteroatoms. The minimum absolute atomic E-state index is 0.116. The fraction of sp³-hybridized carbons (Fsp3) is 0.526. The monoisotopic (exact) mass is 346 g/mol. The number of unbranched alkanes of at least 4 members (excludes halogenated alkanes) is 1. The van der Waals surface area contributed by atoms with Gasteiger partial charge in [-0.3, -0.25) is 14.4 Å². The molecule has 0 bridgehead atoms. The summed E-state index contributed by atoms with van der Waals surface area (Å²) in [6.45, 7) is 8.07. The van der Waals surface area contributed by atoms with Crippen LogP contribution in [0, 0.1) is 6.92 Å². The number of hydrogen-bond donors (Lipinski definition) is 1. The molecule has 6 nitrogen and oxygen atoms in total. The van der Waals surface area contributed by atoms with E-state index in [9.17, 15) is 14.4 Å². The molecule has 0 spiro atoms. The Morgan fingerprint density at radius 3 is 2.60 bits per heavy atom. The maximum Gasteiger partial charge on any atom is 0.308 e. The largest absolute Gasteiger partial charge is 0.426 e. The first kappa shape index (κ1) is 19.0. The van der Waals surface area contributed by atoms with E-state index >= 15 is 0 Å². The zero-order valence-corrected chi connectivity index (χ0v) is 15.3. The molecule has 1 atom stereocenters. The number of amides is 2. The Hall–Kier alpha value is -2.37. The second-order valence-electron chi connectivity index (χ2n) is 6.61. The number of nitrogens with zero attached hydrogens (tertiary/aromatic N) is 1. The summed E-state index contributed by atoms with van der Waals surface area (Å²) in [6.07, 6.45) is 2.56. The van der Waals surface area contributed by atoms with Crippen molar-refractivity contribution in [1.82, 2.24) is 10.2 Å². The average Bonchev–Trinajstić information content (AvgIpc) is 2.54. The van der Waals surface area contributed by atoms with Gasteiger partial charge in [0.25, 0.3) is 5.91 Å². The number of hydrogen-bond acceptors (Lipinski definition) is 4. The normalized spacial score (nSPS) is 19.1. The van der Waals surface area contributed by atoms with E-state index in [-0.39, 0.29) is 11.8 Å². The standard InChI is InChI=1S/C19H26N2O4/c1-5-6-11-20-18(24)19(4)10-12-21(19)17(23)15-8-7-9-16(13(15)2)25-14(3)22/h7-9H,5-6,10-12H2,1-4H3,(H,20,24). The number of rotatable bonds is 6. The van der Waals surface area contributed by atoms with E-state index in [0.29, 0.717) is 36.4 Å². The summed E-state index contributed by atoms with van der Waals surface area (Å²) in [7, 11) is 0. The third kappa shape index (κ3) is 3.83. The molecule has 1 aromatic carbocycles.